The van der Waals surface area contributed by atoms with Crippen LogP contribution in [-0.4, -0.2) is 30.1 Å². The molecule has 0 bridgehead atoms. The highest BCUT2D eigenvalue weighted by atomic mass is 16.5. The summed E-state index contributed by atoms with van der Waals surface area (Å²) >= 11 is 0. The molecule has 1 heterocycles. The molecule has 1 amide bonds. The van der Waals surface area contributed by atoms with Gasteiger partial charge < -0.3 is 14.5 Å². The fourth-order valence-electron chi connectivity index (χ4n) is 1.92. The standard InChI is InChI=1S/C14H16N2O5/c1-3-6-15-12(17)8-16-10-5-4-9(13(18)20-2)7-11(10)21-14(16)19/h4-5,7H,3,6,8H2,1-2H3,(H,15,17). The van der Waals surface area contributed by atoms with Gasteiger partial charge in [0.05, 0.1) is 18.2 Å². The van der Waals surface area contributed by atoms with Crippen molar-refractivity contribution < 1.29 is 18.7 Å². The third kappa shape index (κ3) is 3.13. The first-order chi connectivity index (χ1) is 10.1. The third-order valence-corrected chi connectivity index (χ3v) is 2.96. The Morgan fingerprint density at radius 2 is 2.14 bits per heavy atom. The van der Waals surface area contributed by atoms with Crippen LogP contribution in [0.5, 0.6) is 0 Å². The van der Waals surface area contributed by atoms with Gasteiger partial charge in [0, 0.05) is 6.54 Å². The lowest BCUT2D eigenvalue weighted by Crippen LogP contribution is -2.31. The minimum atomic E-state index is -0.640. The molecule has 0 saturated heterocycles. The summed E-state index contributed by atoms with van der Waals surface area (Å²) in [6.07, 6.45) is 0.815. The first-order valence-electron chi connectivity index (χ1n) is 6.55. The summed E-state index contributed by atoms with van der Waals surface area (Å²) in [7, 11) is 1.27. The number of aromatic nitrogens is 1. The number of carbonyl (C=O) groups excluding carboxylic acids is 2. The highest BCUT2D eigenvalue weighted by molar-refractivity contribution is 5.93. The highest BCUT2D eigenvalue weighted by Crippen LogP contribution is 2.15. The maximum Gasteiger partial charge on any atom is 0.420 e. The molecular formula is C14H16N2O5. The third-order valence-electron chi connectivity index (χ3n) is 2.96. The average molecular weight is 292 g/mol. The monoisotopic (exact) mass is 292 g/mol. The molecule has 7 nitrogen and oxygen atoms in total. The molecule has 0 aliphatic rings. The molecule has 0 aliphatic carbocycles. The van der Waals surface area contributed by atoms with Gasteiger partial charge in [0.15, 0.2) is 5.58 Å². The maximum atomic E-state index is 11.8. The summed E-state index contributed by atoms with van der Waals surface area (Å²) in [4.78, 5) is 34.9. The first kappa shape index (κ1) is 14.8. The molecule has 1 aromatic carbocycles. The Morgan fingerprint density at radius 1 is 1.38 bits per heavy atom. The molecule has 0 spiro atoms. The molecule has 112 valence electrons. The normalized spacial score (nSPS) is 10.6. The van der Waals surface area contributed by atoms with Crippen molar-refractivity contribution in [1.82, 2.24) is 9.88 Å². The Morgan fingerprint density at radius 3 is 2.81 bits per heavy atom. The molecule has 2 aromatic rings. The van der Waals surface area contributed by atoms with Crippen molar-refractivity contribution in [2.45, 2.75) is 19.9 Å². The summed E-state index contributed by atoms with van der Waals surface area (Å²) in [6, 6.07) is 4.49. The molecule has 0 fully saturated rings. The van der Waals surface area contributed by atoms with E-state index in [1.54, 1.807) is 6.07 Å². The predicted molar refractivity (Wildman–Crippen MR) is 75.1 cm³/mol. The number of ether oxygens (including phenoxy) is 1. The van der Waals surface area contributed by atoms with Crippen LogP contribution < -0.4 is 11.1 Å². The van der Waals surface area contributed by atoms with Gasteiger partial charge in [0.25, 0.3) is 0 Å². The van der Waals surface area contributed by atoms with Crippen LogP contribution >= 0.6 is 0 Å². The van der Waals surface area contributed by atoms with Crippen molar-refractivity contribution in [3.63, 3.8) is 0 Å². The van der Waals surface area contributed by atoms with Gasteiger partial charge in [-0.2, -0.15) is 0 Å². The van der Waals surface area contributed by atoms with Gasteiger partial charge in [-0.3, -0.25) is 9.36 Å². The van der Waals surface area contributed by atoms with Crippen molar-refractivity contribution >= 4 is 23.0 Å². The molecule has 2 rings (SSSR count). The molecule has 1 N–H and O–H groups in total. The zero-order chi connectivity index (χ0) is 15.4. The second-order valence-corrected chi connectivity index (χ2v) is 4.48. The minimum Gasteiger partial charge on any atom is -0.465 e. The Bertz CT molecular complexity index is 729. The summed E-state index contributed by atoms with van der Waals surface area (Å²) in [6.45, 7) is 2.37. The number of amides is 1. The highest BCUT2D eigenvalue weighted by Gasteiger charge is 2.15. The van der Waals surface area contributed by atoms with E-state index in [1.165, 1.54) is 23.8 Å². The summed E-state index contributed by atoms with van der Waals surface area (Å²) < 4.78 is 10.9. The Kier molecular flexibility index (Phi) is 4.42. The molecule has 1 aromatic heterocycles. The first-order valence-corrected chi connectivity index (χ1v) is 6.55. The lowest BCUT2D eigenvalue weighted by molar-refractivity contribution is -0.121. The zero-order valence-electron chi connectivity index (χ0n) is 11.8. The van der Waals surface area contributed by atoms with Crippen molar-refractivity contribution in [3.8, 4) is 0 Å². The maximum absolute atomic E-state index is 11.8. The molecule has 21 heavy (non-hydrogen) atoms. The predicted octanol–water partition coefficient (Wildman–Crippen LogP) is 0.907. The largest absolute Gasteiger partial charge is 0.465 e. The van der Waals surface area contributed by atoms with E-state index >= 15 is 0 Å². The fourth-order valence-corrected chi connectivity index (χ4v) is 1.92. The summed E-state index contributed by atoms with van der Waals surface area (Å²) in [5.41, 5.74) is 0.979. The number of nitrogens with one attached hydrogen (secondary N) is 1. The Labute approximate surface area is 120 Å². The van der Waals surface area contributed by atoms with E-state index in [4.69, 9.17) is 4.42 Å². The van der Waals surface area contributed by atoms with E-state index in [2.05, 4.69) is 10.1 Å². The molecule has 0 unspecified atom stereocenters. The number of oxazole rings is 1. The summed E-state index contributed by atoms with van der Waals surface area (Å²) in [5.74, 6) is -1.43. The van der Waals surface area contributed by atoms with Gasteiger partial charge in [-0.05, 0) is 24.6 Å². The molecule has 7 heteroatoms. The van der Waals surface area contributed by atoms with Crippen LogP contribution in [0.1, 0.15) is 23.7 Å². The van der Waals surface area contributed by atoms with Crippen molar-refractivity contribution in [3.05, 3.63) is 34.3 Å². The molecule has 0 atom stereocenters. The SMILES string of the molecule is CCCNC(=O)Cn1c(=O)oc2cc(C(=O)OC)ccc21. The number of hydrogen-bond acceptors (Lipinski definition) is 5. The van der Waals surface area contributed by atoms with E-state index in [0.29, 0.717) is 12.1 Å². The molecule has 0 saturated carbocycles. The lowest BCUT2D eigenvalue weighted by Gasteiger charge is -2.04. The van der Waals surface area contributed by atoms with E-state index in [-0.39, 0.29) is 23.6 Å². The van der Waals surface area contributed by atoms with Crippen LogP contribution in [0.3, 0.4) is 0 Å². The van der Waals surface area contributed by atoms with E-state index in [9.17, 15) is 14.4 Å². The van der Waals surface area contributed by atoms with Gasteiger partial charge in [0.2, 0.25) is 5.91 Å². The quantitative estimate of drug-likeness (QED) is 0.827. The lowest BCUT2D eigenvalue weighted by atomic mass is 10.2. The van der Waals surface area contributed by atoms with Gasteiger partial charge in [-0.15, -0.1) is 0 Å². The van der Waals surface area contributed by atoms with Gasteiger partial charge >= 0.3 is 11.7 Å². The van der Waals surface area contributed by atoms with Crippen LogP contribution in [0.4, 0.5) is 0 Å². The number of fused-ring (bicyclic) bond motifs is 1. The Balaban J connectivity index is 2.33. The number of rotatable bonds is 5. The van der Waals surface area contributed by atoms with Crippen LogP contribution in [-0.2, 0) is 16.1 Å². The van der Waals surface area contributed by atoms with Gasteiger partial charge in [-0.25, -0.2) is 9.59 Å². The van der Waals surface area contributed by atoms with E-state index in [0.717, 1.165) is 6.42 Å². The van der Waals surface area contributed by atoms with Crippen molar-refractivity contribution in [2.24, 2.45) is 0 Å². The van der Waals surface area contributed by atoms with E-state index < -0.39 is 11.7 Å². The van der Waals surface area contributed by atoms with Crippen LogP contribution in [0.15, 0.2) is 27.4 Å². The number of nitrogens with zero attached hydrogens (tertiary/aromatic N) is 1. The van der Waals surface area contributed by atoms with Crippen LogP contribution in [0.25, 0.3) is 11.1 Å². The molecule has 0 radical (unpaired) electrons. The van der Waals surface area contributed by atoms with Crippen molar-refractivity contribution in [1.29, 1.82) is 0 Å². The number of hydrogen-bond donors (Lipinski definition) is 1. The number of esters is 1. The molecular weight excluding hydrogens is 276 g/mol. The average Bonchev–Trinajstić information content (AvgIpc) is 2.79. The minimum absolute atomic E-state index is 0.122. The zero-order valence-corrected chi connectivity index (χ0v) is 11.8. The second-order valence-electron chi connectivity index (χ2n) is 4.48. The second kappa shape index (κ2) is 6.25. The van der Waals surface area contributed by atoms with Gasteiger partial charge in [0.1, 0.15) is 6.54 Å². The molecule has 0 aliphatic heterocycles. The van der Waals surface area contributed by atoms with E-state index in [1.807, 2.05) is 6.92 Å². The van der Waals surface area contributed by atoms with Crippen LogP contribution in [0, 0.1) is 0 Å². The van der Waals surface area contributed by atoms with Crippen LogP contribution in [0.2, 0.25) is 0 Å². The fraction of sp³-hybridized carbons (Fsp3) is 0.357. The number of carbonyl (C=O) groups is 2. The Hall–Kier alpha value is -2.57. The number of methoxy groups -OCH3 is 1. The smallest absolute Gasteiger partial charge is 0.420 e. The van der Waals surface area contributed by atoms with Crippen molar-refractivity contribution in [2.75, 3.05) is 13.7 Å². The van der Waals surface area contributed by atoms with Gasteiger partial charge in [-0.1, -0.05) is 6.92 Å². The number of benzene rings is 1. The summed E-state index contributed by atoms with van der Waals surface area (Å²) in [5, 5.41) is 2.69. The topological polar surface area (TPSA) is 90.5 Å².